The van der Waals surface area contributed by atoms with Crippen molar-refractivity contribution in [3.05, 3.63) is 67.1 Å². The summed E-state index contributed by atoms with van der Waals surface area (Å²) in [5, 5.41) is 12.0. The van der Waals surface area contributed by atoms with Gasteiger partial charge in [-0.2, -0.15) is 0 Å². The zero-order valence-corrected chi connectivity index (χ0v) is 14.7. The number of hydrogen-bond donors (Lipinski definition) is 2. The maximum atomic E-state index is 10.6. The standard InChI is InChI=1S/C15H13BrCl3NO/c16-11-3-1-2-9(14(11)19)15(21)10(7-20)8-4-5-12(17)13(18)6-8/h1-6,10,15,21H,7,20H2. The topological polar surface area (TPSA) is 46.2 Å². The average Bonchev–Trinajstić information content (AvgIpc) is 2.46. The summed E-state index contributed by atoms with van der Waals surface area (Å²) < 4.78 is 0.727. The minimum absolute atomic E-state index is 0.252. The molecule has 2 atom stereocenters. The van der Waals surface area contributed by atoms with E-state index in [0.29, 0.717) is 20.6 Å². The molecule has 0 fully saturated rings. The van der Waals surface area contributed by atoms with E-state index in [1.807, 2.05) is 12.1 Å². The van der Waals surface area contributed by atoms with Crippen molar-refractivity contribution in [3.8, 4) is 0 Å². The summed E-state index contributed by atoms with van der Waals surface area (Å²) in [5.41, 5.74) is 7.26. The number of halogens is 4. The molecule has 0 amide bonds. The largest absolute Gasteiger partial charge is 0.388 e. The molecule has 0 bridgehead atoms. The first-order chi connectivity index (χ1) is 9.95. The Morgan fingerprint density at radius 3 is 2.43 bits per heavy atom. The van der Waals surface area contributed by atoms with E-state index in [-0.39, 0.29) is 12.5 Å². The van der Waals surface area contributed by atoms with Crippen molar-refractivity contribution in [3.63, 3.8) is 0 Å². The molecule has 0 heterocycles. The minimum atomic E-state index is -0.836. The zero-order chi connectivity index (χ0) is 15.6. The maximum Gasteiger partial charge on any atom is 0.0885 e. The van der Waals surface area contributed by atoms with E-state index in [1.54, 1.807) is 24.3 Å². The van der Waals surface area contributed by atoms with Crippen LogP contribution in [-0.4, -0.2) is 11.7 Å². The van der Waals surface area contributed by atoms with Gasteiger partial charge in [-0.05, 0) is 39.7 Å². The van der Waals surface area contributed by atoms with Crippen molar-refractivity contribution in [2.45, 2.75) is 12.0 Å². The Bertz CT molecular complexity index is 651. The van der Waals surface area contributed by atoms with Gasteiger partial charge in [-0.3, -0.25) is 0 Å². The molecule has 6 heteroatoms. The van der Waals surface area contributed by atoms with Gasteiger partial charge in [-0.15, -0.1) is 0 Å². The van der Waals surface area contributed by atoms with E-state index in [2.05, 4.69) is 15.9 Å². The number of aliphatic hydroxyl groups excluding tert-OH is 1. The molecule has 0 aliphatic heterocycles. The Hall–Kier alpha value is -0.290. The summed E-state index contributed by atoms with van der Waals surface area (Å²) in [7, 11) is 0. The first-order valence-corrected chi connectivity index (χ1v) is 8.15. The van der Waals surface area contributed by atoms with E-state index in [1.165, 1.54) is 0 Å². The monoisotopic (exact) mass is 407 g/mol. The Morgan fingerprint density at radius 1 is 1.10 bits per heavy atom. The molecule has 2 aromatic rings. The SMILES string of the molecule is NCC(c1ccc(Cl)c(Cl)c1)C(O)c1cccc(Br)c1Cl. The molecule has 3 N–H and O–H groups in total. The van der Waals surface area contributed by atoms with Gasteiger partial charge in [0, 0.05) is 22.5 Å². The summed E-state index contributed by atoms with van der Waals surface area (Å²) in [6.07, 6.45) is -0.836. The average molecular weight is 410 g/mol. The number of nitrogens with two attached hydrogens (primary N) is 1. The first kappa shape index (κ1) is 17.1. The Kier molecular flexibility index (Phi) is 5.95. The third-order valence-corrected chi connectivity index (χ3v) is 5.36. The fourth-order valence-corrected chi connectivity index (χ4v) is 3.08. The van der Waals surface area contributed by atoms with Gasteiger partial charge in [0.2, 0.25) is 0 Å². The summed E-state index contributed by atoms with van der Waals surface area (Å²) in [4.78, 5) is 0. The van der Waals surface area contributed by atoms with Crippen molar-refractivity contribution >= 4 is 50.7 Å². The van der Waals surface area contributed by atoms with E-state index in [9.17, 15) is 5.11 Å². The normalized spacial score (nSPS) is 14.0. The van der Waals surface area contributed by atoms with Crippen LogP contribution in [0, 0.1) is 0 Å². The van der Waals surface area contributed by atoms with Gasteiger partial charge >= 0.3 is 0 Å². The molecule has 2 aromatic carbocycles. The van der Waals surface area contributed by atoms with Gasteiger partial charge < -0.3 is 10.8 Å². The number of aliphatic hydroxyl groups is 1. The van der Waals surface area contributed by atoms with Crippen molar-refractivity contribution in [2.75, 3.05) is 6.54 Å². The fraction of sp³-hybridized carbons (Fsp3) is 0.200. The van der Waals surface area contributed by atoms with Crippen LogP contribution < -0.4 is 5.73 Å². The molecular weight excluding hydrogens is 396 g/mol. The Labute approximate surface area is 146 Å². The van der Waals surface area contributed by atoms with Crippen LogP contribution in [0.5, 0.6) is 0 Å². The maximum absolute atomic E-state index is 10.6. The molecule has 0 aromatic heterocycles. The van der Waals surface area contributed by atoms with Crippen LogP contribution in [0.25, 0.3) is 0 Å². The van der Waals surface area contributed by atoms with Gasteiger partial charge in [-0.1, -0.05) is 53.0 Å². The van der Waals surface area contributed by atoms with E-state index < -0.39 is 6.10 Å². The fourth-order valence-electron chi connectivity index (χ4n) is 2.16. The third kappa shape index (κ3) is 3.73. The first-order valence-electron chi connectivity index (χ1n) is 6.22. The van der Waals surface area contributed by atoms with Crippen LogP contribution in [0.4, 0.5) is 0 Å². The smallest absolute Gasteiger partial charge is 0.0885 e. The summed E-state index contributed by atoms with van der Waals surface area (Å²) in [6, 6.07) is 10.6. The number of hydrogen-bond acceptors (Lipinski definition) is 2. The summed E-state index contributed by atoms with van der Waals surface area (Å²) in [5.74, 6) is -0.327. The molecule has 21 heavy (non-hydrogen) atoms. The molecule has 0 saturated carbocycles. The lowest BCUT2D eigenvalue weighted by Crippen LogP contribution is -2.20. The summed E-state index contributed by atoms with van der Waals surface area (Å²) in [6.45, 7) is 0.252. The highest BCUT2D eigenvalue weighted by atomic mass is 79.9. The van der Waals surface area contributed by atoms with Crippen LogP contribution in [0.3, 0.4) is 0 Å². The molecule has 112 valence electrons. The predicted octanol–water partition coefficient (Wildman–Crippen LogP) is 5.19. The van der Waals surface area contributed by atoms with Crippen LogP contribution in [0.2, 0.25) is 15.1 Å². The lowest BCUT2D eigenvalue weighted by atomic mass is 9.89. The van der Waals surface area contributed by atoms with Crippen molar-refractivity contribution in [1.29, 1.82) is 0 Å². The van der Waals surface area contributed by atoms with E-state index in [4.69, 9.17) is 40.5 Å². The second kappa shape index (κ2) is 7.32. The molecule has 2 unspecified atom stereocenters. The predicted molar refractivity (Wildman–Crippen MR) is 92.4 cm³/mol. The van der Waals surface area contributed by atoms with E-state index >= 15 is 0 Å². The number of rotatable bonds is 4. The second-order valence-electron chi connectivity index (χ2n) is 4.60. The van der Waals surface area contributed by atoms with Crippen LogP contribution in [0.15, 0.2) is 40.9 Å². The van der Waals surface area contributed by atoms with Gasteiger partial charge in [0.1, 0.15) is 0 Å². The van der Waals surface area contributed by atoms with Gasteiger partial charge in [0.25, 0.3) is 0 Å². The second-order valence-corrected chi connectivity index (χ2v) is 6.65. The molecule has 0 aliphatic rings. The molecule has 2 nitrogen and oxygen atoms in total. The van der Waals surface area contributed by atoms with Crippen molar-refractivity contribution in [2.24, 2.45) is 5.73 Å². The van der Waals surface area contributed by atoms with Crippen LogP contribution >= 0.6 is 50.7 Å². The zero-order valence-electron chi connectivity index (χ0n) is 10.9. The van der Waals surface area contributed by atoms with Crippen LogP contribution in [-0.2, 0) is 0 Å². The highest BCUT2D eigenvalue weighted by Gasteiger charge is 2.24. The van der Waals surface area contributed by atoms with Gasteiger partial charge in [0.15, 0.2) is 0 Å². The number of benzene rings is 2. The highest BCUT2D eigenvalue weighted by molar-refractivity contribution is 9.10. The van der Waals surface area contributed by atoms with Gasteiger partial charge in [-0.25, -0.2) is 0 Å². The van der Waals surface area contributed by atoms with Crippen LogP contribution in [0.1, 0.15) is 23.1 Å². The molecule has 2 rings (SSSR count). The molecule has 0 aliphatic carbocycles. The lowest BCUT2D eigenvalue weighted by molar-refractivity contribution is 0.147. The third-order valence-electron chi connectivity index (χ3n) is 3.31. The van der Waals surface area contributed by atoms with Crippen molar-refractivity contribution in [1.82, 2.24) is 0 Å². The molecule has 0 saturated heterocycles. The highest BCUT2D eigenvalue weighted by Crippen LogP contribution is 2.38. The lowest BCUT2D eigenvalue weighted by Gasteiger charge is -2.23. The molecule has 0 radical (unpaired) electrons. The minimum Gasteiger partial charge on any atom is -0.388 e. The Balaban J connectivity index is 2.40. The summed E-state index contributed by atoms with van der Waals surface area (Å²) >= 11 is 21.5. The van der Waals surface area contributed by atoms with Gasteiger partial charge in [0.05, 0.1) is 21.2 Å². The molecular formula is C15H13BrCl3NO. The van der Waals surface area contributed by atoms with E-state index in [0.717, 1.165) is 10.0 Å². The Morgan fingerprint density at radius 2 is 1.81 bits per heavy atom. The molecule has 0 spiro atoms. The quantitative estimate of drug-likeness (QED) is 0.730. The van der Waals surface area contributed by atoms with Crippen molar-refractivity contribution < 1.29 is 5.11 Å².